The van der Waals surface area contributed by atoms with E-state index in [4.69, 9.17) is 0 Å². The molecule has 2 aromatic rings. The van der Waals surface area contributed by atoms with E-state index in [1.54, 1.807) is 0 Å². The minimum Gasteiger partial charge on any atom is -0.349 e. The Morgan fingerprint density at radius 2 is 1.59 bits per heavy atom. The largest absolute Gasteiger partial charge is 0.349 e. The van der Waals surface area contributed by atoms with Crippen molar-refractivity contribution >= 4 is 17.6 Å². The number of urea groups is 1. The van der Waals surface area contributed by atoms with Crippen LogP contribution in [-0.4, -0.2) is 35.0 Å². The van der Waals surface area contributed by atoms with Crippen molar-refractivity contribution < 1.29 is 9.59 Å². The van der Waals surface area contributed by atoms with Crippen molar-refractivity contribution in [3.63, 3.8) is 0 Å². The maximum Gasteiger partial charge on any atom is 0.322 e. The third-order valence-electron chi connectivity index (χ3n) is 6.24. The molecule has 2 aromatic carbocycles. The Bertz CT molecular complexity index is 879. The van der Waals surface area contributed by atoms with Crippen LogP contribution in [-0.2, 0) is 0 Å². The van der Waals surface area contributed by atoms with Crippen molar-refractivity contribution in [2.75, 3.05) is 5.32 Å². The molecule has 2 heterocycles. The van der Waals surface area contributed by atoms with Crippen molar-refractivity contribution in [1.29, 1.82) is 0 Å². The second-order valence-electron chi connectivity index (χ2n) is 8.40. The summed E-state index contributed by atoms with van der Waals surface area (Å²) in [6.07, 6.45) is 4.76. The van der Waals surface area contributed by atoms with Crippen LogP contribution in [0.4, 0.5) is 10.5 Å². The highest BCUT2D eigenvalue weighted by atomic mass is 16.2. The number of hydrogen-bond acceptors (Lipinski definition) is 2. The van der Waals surface area contributed by atoms with E-state index in [0.29, 0.717) is 5.56 Å². The van der Waals surface area contributed by atoms with Crippen molar-refractivity contribution in [3.8, 4) is 0 Å². The maximum absolute atomic E-state index is 13.0. The Kier molecular flexibility index (Phi) is 5.56. The number of carbonyl (C=O) groups is 2. The van der Waals surface area contributed by atoms with E-state index in [1.165, 1.54) is 0 Å². The van der Waals surface area contributed by atoms with Gasteiger partial charge in [0.2, 0.25) is 0 Å². The molecular weight excluding hydrogens is 362 g/mol. The number of anilines is 1. The Morgan fingerprint density at radius 3 is 2.24 bits per heavy atom. The maximum atomic E-state index is 13.0. The predicted octanol–water partition coefficient (Wildman–Crippen LogP) is 4.65. The first kappa shape index (κ1) is 19.5. The standard InChI is InChI=1S/C24H29N3O2/c1-16-10-12-18(13-11-16)23(28)25-19-14-20-7-5-8-21(15-19)27(20)24(29)26-22-9-4-3-6-17(22)2/h3-4,6,9-13,19-21H,5,7-8,14-15H2,1-2H3,(H,25,28)(H,26,29). The lowest BCUT2D eigenvalue weighted by atomic mass is 9.82. The molecule has 5 heteroatoms. The van der Waals surface area contributed by atoms with Crippen LogP contribution in [0.3, 0.4) is 0 Å². The molecule has 2 fully saturated rings. The lowest BCUT2D eigenvalue weighted by molar-refractivity contribution is 0.0577. The van der Waals surface area contributed by atoms with E-state index < -0.39 is 0 Å². The van der Waals surface area contributed by atoms with Crippen LogP contribution >= 0.6 is 0 Å². The van der Waals surface area contributed by atoms with Gasteiger partial charge < -0.3 is 15.5 Å². The second-order valence-corrected chi connectivity index (χ2v) is 8.40. The van der Waals surface area contributed by atoms with Crippen molar-refractivity contribution in [3.05, 3.63) is 65.2 Å². The van der Waals surface area contributed by atoms with Crippen LogP contribution < -0.4 is 10.6 Å². The average Bonchev–Trinajstić information content (AvgIpc) is 2.69. The number of nitrogens with zero attached hydrogens (tertiary/aromatic N) is 1. The van der Waals surface area contributed by atoms with Gasteiger partial charge in [-0.05, 0) is 69.7 Å². The molecule has 3 amide bonds. The summed E-state index contributed by atoms with van der Waals surface area (Å²) in [5.74, 6) is -0.0223. The Morgan fingerprint density at radius 1 is 0.931 bits per heavy atom. The van der Waals surface area contributed by atoms with E-state index in [9.17, 15) is 9.59 Å². The van der Waals surface area contributed by atoms with Gasteiger partial charge in [-0.25, -0.2) is 4.79 Å². The molecule has 0 aromatic heterocycles. The van der Waals surface area contributed by atoms with Crippen molar-refractivity contribution in [2.45, 2.75) is 64.1 Å². The molecule has 2 bridgehead atoms. The number of hydrogen-bond donors (Lipinski definition) is 2. The first-order valence-electron chi connectivity index (χ1n) is 10.5. The number of carbonyl (C=O) groups excluding carboxylic acids is 2. The quantitative estimate of drug-likeness (QED) is 0.800. The molecule has 0 saturated carbocycles. The van der Waals surface area contributed by atoms with Crippen LogP contribution in [0.25, 0.3) is 0 Å². The number of aryl methyl sites for hydroxylation is 2. The molecular formula is C24H29N3O2. The van der Waals surface area contributed by atoms with E-state index in [-0.39, 0.29) is 30.1 Å². The number of fused-ring (bicyclic) bond motifs is 2. The summed E-state index contributed by atoms with van der Waals surface area (Å²) in [5.41, 5.74) is 3.76. The lowest BCUT2D eigenvalue weighted by Gasteiger charge is -2.48. The SMILES string of the molecule is Cc1ccc(C(=O)NC2CC3CCCC(C2)N3C(=O)Nc2ccccc2C)cc1. The van der Waals surface area contributed by atoms with Gasteiger partial charge in [-0.3, -0.25) is 4.79 Å². The number of nitrogens with one attached hydrogen (secondary N) is 2. The first-order chi connectivity index (χ1) is 14.0. The molecule has 152 valence electrons. The number of amides is 3. The molecule has 2 aliphatic rings. The van der Waals surface area contributed by atoms with E-state index >= 15 is 0 Å². The smallest absolute Gasteiger partial charge is 0.322 e. The van der Waals surface area contributed by atoms with Gasteiger partial charge in [0.05, 0.1) is 0 Å². The highest BCUT2D eigenvalue weighted by Gasteiger charge is 2.41. The molecule has 0 radical (unpaired) electrons. The fourth-order valence-corrected chi connectivity index (χ4v) is 4.70. The average molecular weight is 392 g/mol. The zero-order valence-corrected chi connectivity index (χ0v) is 17.2. The molecule has 2 unspecified atom stereocenters. The molecule has 2 aliphatic heterocycles. The Labute approximate surface area is 172 Å². The van der Waals surface area contributed by atoms with Gasteiger partial charge in [0.15, 0.2) is 0 Å². The fraction of sp³-hybridized carbons (Fsp3) is 0.417. The summed E-state index contributed by atoms with van der Waals surface area (Å²) < 4.78 is 0. The molecule has 2 N–H and O–H groups in total. The van der Waals surface area contributed by atoms with Gasteiger partial charge in [0, 0.05) is 29.4 Å². The van der Waals surface area contributed by atoms with Crippen LogP contribution in [0.1, 0.15) is 53.6 Å². The van der Waals surface area contributed by atoms with Crippen molar-refractivity contribution in [1.82, 2.24) is 10.2 Å². The molecule has 4 rings (SSSR count). The third-order valence-corrected chi connectivity index (χ3v) is 6.24. The van der Waals surface area contributed by atoms with Gasteiger partial charge in [-0.2, -0.15) is 0 Å². The van der Waals surface area contributed by atoms with E-state index in [1.807, 2.05) is 67.3 Å². The van der Waals surface area contributed by atoms with Gasteiger partial charge in [0.25, 0.3) is 5.91 Å². The molecule has 2 atom stereocenters. The number of piperidine rings is 2. The molecule has 29 heavy (non-hydrogen) atoms. The van der Waals surface area contributed by atoms with Gasteiger partial charge >= 0.3 is 6.03 Å². The van der Waals surface area contributed by atoms with Crippen molar-refractivity contribution in [2.24, 2.45) is 0 Å². The van der Waals surface area contributed by atoms with E-state index in [0.717, 1.165) is 48.9 Å². The molecule has 5 nitrogen and oxygen atoms in total. The zero-order chi connectivity index (χ0) is 20.4. The Hall–Kier alpha value is -2.82. The van der Waals surface area contributed by atoms with E-state index in [2.05, 4.69) is 10.6 Å². The molecule has 2 saturated heterocycles. The summed E-state index contributed by atoms with van der Waals surface area (Å²) in [7, 11) is 0. The molecule has 0 spiro atoms. The fourth-order valence-electron chi connectivity index (χ4n) is 4.70. The van der Waals surface area contributed by atoms with Crippen LogP contribution in [0.5, 0.6) is 0 Å². The summed E-state index contributed by atoms with van der Waals surface area (Å²) >= 11 is 0. The monoisotopic (exact) mass is 391 g/mol. The summed E-state index contributed by atoms with van der Waals surface area (Å²) in [5, 5.41) is 6.30. The summed E-state index contributed by atoms with van der Waals surface area (Å²) in [6, 6.07) is 16.0. The number of benzene rings is 2. The van der Waals surface area contributed by atoms with Crippen LogP contribution in [0.2, 0.25) is 0 Å². The van der Waals surface area contributed by atoms with Gasteiger partial charge in [-0.1, -0.05) is 35.9 Å². The summed E-state index contributed by atoms with van der Waals surface area (Å²) in [4.78, 5) is 27.7. The third kappa shape index (κ3) is 4.29. The predicted molar refractivity (Wildman–Crippen MR) is 115 cm³/mol. The number of para-hydroxylation sites is 1. The highest BCUT2D eigenvalue weighted by molar-refractivity contribution is 5.94. The topological polar surface area (TPSA) is 61.4 Å². The normalized spacial score (nSPS) is 23.4. The zero-order valence-electron chi connectivity index (χ0n) is 17.2. The van der Waals surface area contributed by atoms with Gasteiger partial charge in [0.1, 0.15) is 0 Å². The van der Waals surface area contributed by atoms with Crippen LogP contribution in [0.15, 0.2) is 48.5 Å². The minimum absolute atomic E-state index is 0.0164. The lowest BCUT2D eigenvalue weighted by Crippen LogP contribution is -2.59. The van der Waals surface area contributed by atoms with Crippen LogP contribution in [0, 0.1) is 13.8 Å². The molecule has 0 aliphatic carbocycles. The minimum atomic E-state index is -0.0223. The van der Waals surface area contributed by atoms with Gasteiger partial charge in [-0.15, -0.1) is 0 Å². The Balaban J connectivity index is 1.42. The second kappa shape index (κ2) is 8.27. The first-order valence-corrected chi connectivity index (χ1v) is 10.5. The highest BCUT2D eigenvalue weighted by Crippen LogP contribution is 2.35. The number of rotatable bonds is 3. The summed E-state index contributed by atoms with van der Waals surface area (Å²) in [6.45, 7) is 4.02.